The van der Waals surface area contributed by atoms with E-state index in [0.29, 0.717) is 17.0 Å². The Bertz CT molecular complexity index is 878. The van der Waals surface area contributed by atoms with Crippen LogP contribution >= 0.6 is 15.9 Å². The van der Waals surface area contributed by atoms with Crippen molar-refractivity contribution in [3.8, 4) is 5.75 Å². The van der Waals surface area contributed by atoms with Gasteiger partial charge in [0.2, 0.25) is 5.91 Å². The number of carbonyl (C=O) groups is 3. The van der Waals surface area contributed by atoms with Crippen molar-refractivity contribution in [1.82, 2.24) is 10.9 Å². The first-order chi connectivity index (χ1) is 14.5. The molecule has 2 aromatic carbocycles. The lowest BCUT2D eigenvalue weighted by Gasteiger charge is -2.20. The van der Waals surface area contributed by atoms with Crippen LogP contribution in [0.4, 0.5) is 5.69 Å². The zero-order chi connectivity index (χ0) is 21.3. The maximum absolute atomic E-state index is 12.3. The van der Waals surface area contributed by atoms with Crippen LogP contribution in [0.3, 0.4) is 0 Å². The highest BCUT2D eigenvalue weighted by molar-refractivity contribution is 9.10. The van der Waals surface area contributed by atoms with E-state index in [1.807, 2.05) is 0 Å². The summed E-state index contributed by atoms with van der Waals surface area (Å²) >= 11 is 3.32. The molecule has 0 aliphatic heterocycles. The van der Waals surface area contributed by atoms with E-state index in [1.54, 1.807) is 48.5 Å². The molecule has 1 aliphatic rings. The highest BCUT2D eigenvalue weighted by Crippen LogP contribution is 2.25. The summed E-state index contributed by atoms with van der Waals surface area (Å²) in [5, 5.41) is 2.90. The molecule has 0 aromatic heterocycles. The molecular formula is C22H24BrN3O4. The van der Waals surface area contributed by atoms with Gasteiger partial charge in [-0.2, -0.15) is 0 Å². The van der Waals surface area contributed by atoms with E-state index in [-0.39, 0.29) is 18.4 Å². The lowest BCUT2D eigenvalue weighted by molar-refractivity contribution is -0.124. The van der Waals surface area contributed by atoms with Crippen molar-refractivity contribution < 1.29 is 19.1 Å². The molecule has 3 rings (SSSR count). The molecule has 8 heteroatoms. The van der Waals surface area contributed by atoms with E-state index >= 15 is 0 Å². The van der Waals surface area contributed by atoms with Gasteiger partial charge in [-0.25, -0.2) is 0 Å². The quantitative estimate of drug-likeness (QED) is 0.555. The second-order valence-corrected chi connectivity index (χ2v) is 8.06. The van der Waals surface area contributed by atoms with Crippen LogP contribution in [0.15, 0.2) is 53.0 Å². The number of nitrogens with one attached hydrogen (secondary N) is 3. The maximum atomic E-state index is 12.3. The second-order valence-electron chi connectivity index (χ2n) is 7.15. The molecule has 0 unspecified atom stereocenters. The van der Waals surface area contributed by atoms with Crippen LogP contribution in [0.25, 0.3) is 0 Å². The zero-order valence-corrected chi connectivity index (χ0v) is 18.0. The summed E-state index contributed by atoms with van der Waals surface area (Å²) in [7, 11) is 0. The number of hydrazine groups is 1. The molecule has 3 amide bonds. The summed E-state index contributed by atoms with van der Waals surface area (Å²) in [6, 6.07) is 13.6. The average Bonchev–Trinajstić information content (AvgIpc) is 2.78. The van der Waals surface area contributed by atoms with Gasteiger partial charge >= 0.3 is 0 Å². The Balaban J connectivity index is 1.42. The standard InChI is InChI=1S/C22H24BrN3O4/c23-17-8-12-19(13-9-17)30-14-20(27)25-26-22(29)16-6-10-18(11-7-16)24-21(28)15-4-2-1-3-5-15/h6-13,15H,1-5,14H2,(H,24,28)(H,25,27)(H,26,29). The Hall–Kier alpha value is -2.87. The van der Waals surface area contributed by atoms with Crippen LogP contribution in [-0.2, 0) is 9.59 Å². The molecule has 158 valence electrons. The van der Waals surface area contributed by atoms with Gasteiger partial charge in [-0.1, -0.05) is 35.2 Å². The van der Waals surface area contributed by atoms with E-state index in [2.05, 4.69) is 32.1 Å². The summed E-state index contributed by atoms with van der Waals surface area (Å²) in [6.07, 6.45) is 5.24. The fourth-order valence-electron chi connectivity index (χ4n) is 3.23. The van der Waals surface area contributed by atoms with Crippen molar-refractivity contribution in [2.24, 2.45) is 5.92 Å². The SMILES string of the molecule is O=C(COc1ccc(Br)cc1)NNC(=O)c1ccc(NC(=O)C2CCCCC2)cc1. The van der Waals surface area contributed by atoms with Crippen molar-refractivity contribution in [2.75, 3.05) is 11.9 Å². The van der Waals surface area contributed by atoms with Crippen LogP contribution < -0.4 is 20.9 Å². The number of ether oxygens (including phenoxy) is 1. The molecule has 7 nitrogen and oxygen atoms in total. The Morgan fingerprint density at radius 3 is 2.23 bits per heavy atom. The largest absolute Gasteiger partial charge is 0.484 e. The molecule has 3 N–H and O–H groups in total. The normalized spacial score (nSPS) is 13.9. The van der Waals surface area contributed by atoms with E-state index in [4.69, 9.17) is 4.74 Å². The molecule has 0 saturated heterocycles. The van der Waals surface area contributed by atoms with Gasteiger partial charge in [0.25, 0.3) is 11.8 Å². The fourth-order valence-corrected chi connectivity index (χ4v) is 3.49. The van der Waals surface area contributed by atoms with E-state index < -0.39 is 11.8 Å². The van der Waals surface area contributed by atoms with Gasteiger partial charge in [0.05, 0.1) is 0 Å². The van der Waals surface area contributed by atoms with Gasteiger partial charge in [-0.15, -0.1) is 0 Å². The third kappa shape index (κ3) is 6.59. The molecule has 0 atom stereocenters. The Labute approximate surface area is 183 Å². The first kappa shape index (κ1) is 21.8. The number of anilines is 1. The van der Waals surface area contributed by atoms with Crippen molar-refractivity contribution in [1.29, 1.82) is 0 Å². The molecule has 0 spiro atoms. The number of carbonyl (C=O) groups excluding carboxylic acids is 3. The highest BCUT2D eigenvalue weighted by Gasteiger charge is 2.21. The molecule has 1 aliphatic carbocycles. The average molecular weight is 474 g/mol. The van der Waals surface area contributed by atoms with Gasteiger partial charge in [0, 0.05) is 21.6 Å². The van der Waals surface area contributed by atoms with Crippen LogP contribution in [0.5, 0.6) is 5.75 Å². The minimum absolute atomic E-state index is 0.0324. The van der Waals surface area contributed by atoms with Crippen LogP contribution in [-0.4, -0.2) is 24.3 Å². The van der Waals surface area contributed by atoms with Gasteiger partial charge in [-0.05, 0) is 61.4 Å². The monoisotopic (exact) mass is 473 g/mol. The Morgan fingerprint density at radius 1 is 0.900 bits per heavy atom. The van der Waals surface area contributed by atoms with Crippen LogP contribution in [0.1, 0.15) is 42.5 Å². The van der Waals surface area contributed by atoms with E-state index in [1.165, 1.54) is 6.42 Å². The number of amides is 3. The van der Waals surface area contributed by atoms with Crippen LogP contribution in [0, 0.1) is 5.92 Å². The first-order valence-corrected chi connectivity index (χ1v) is 10.7. The third-order valence-electron chi connectivity index (χ3n) is 4.89. The summed E-state index contributed by atoms with van der Waals surface area (Å²) < 4.78 is 6.25. The number of hydrogen-bond donors (Lipinski definition) is 3. The molecule has 2 aromatic rings. The lowest BCUT2D eigenvalue weighted by Crippen LogP contribution is -2.43. The van der Waals surface area contributed by atoms with E-state index in [0.717, 1.165) is 30.2 Å². The smallest absolute Gasteiger partial charge is 0.276 e. The Morgan fingerprint density at radius 2 is 1.57 bits per heavy atom. The summed E-state index contributed by atoms with van der Waals surface area (Å²) in [5.74, 6) is -0.299. The first-order valence-electron chi connectivity index (χ1n) is 9.90. The predicted molar refractivity (Wildman–Crippen MR) is 117 cm³/mol. The van der Waals surface area contributed by atoms with Gasteiger partial charge in [0.15, 0.2) is 6.61 Å². The number of benzene rings is 2. The van der Waals surface area contributed by atoms with Gasteiger partial charge in [0.1, 0.15) is 5.75 Å². The lowest BCUT2D eigenvalue weighted by atomic mass is 9.88. The number of halogens is 1. The minimum atomic E-state index is -0.484. The summed E-state index contributed by atoms with van der Waals surface area (Å²) in [4.78, 5) is 36.3. The molecule has 0 heterocycles. The van der Waals surface area contributed by atoms with Crippen molar-refractivity contribution >= 4 is 39.3 Å². The number of rotatable bonds is 6. The Kier molecular flexibility index (Phi) is 7.84. The van der Waals surface area contributed by atoms with Gasteiger partial charge < -0.3 is 10.1 Å². The zero-order valence-electron chi connectivity index (χ0n) is 16.4. The molecular weight excluding hydrogens is 450 g/mol. The summed E-state index contributed by atoms with van der Waals surface area (Å²) in [6.45, 7) is -0.228. The van der Waals surface area contributed by atoms with E-state index in [9.17, 15) is 14.4 Å². The van der Waals surface area contributed by atoms with Gasteiger partial charge in [-0.3, -0.25) is 25.2 Å². The maximum Gasteiger partial charge on any atom is 0.276 e. The van der Waals surface area contributed by atoms with Crippen molar-refractivity contribution in [3.05, 3.63) is 58.6 Å². The molecule has 1 saturated carbocycles. The topological polar surface area (TPSA) is 96.5 Å². The van der Waals surface area contributed by atoms with Crippen molar-refractivity contribution in [3.63, 3.8) is 0 Å². The molecule has 0 radical (unpaired) electrons. The number of hydrogen-bond acceptors (Lipinski definition) is 4. The molecule has 30 heavy (non-hydrogen) atoms. The minimum Gasteiger partial charge on any atom is -0.484 e. The predicted octanol–water partition coefficient (Wildman–Crippen LogP) is 3.81. The molecule has 0 bridgehead atoms. The summed E-state index contributed by atoms with van der Waals surface area (Å²) in [5.41, 5.74) is 5.66. The molecule has 1 fully saturated rings. The van der Waals surface area contributed by atoms with Crippen LogP contribution in [0.2, 0.25) is 0 Å². The fraction of sp³-hybridized carbons (Fsp3) is 0.318. The second kappa shape index (κ2) is 10.8. The van der Waals surface area contributed by atoms with Crippen molar-refractivity contribution in [2.45, 2.75) is 32.1 Å². The third-order valence-corrected chi connectivity index (χ3v) is 5.42. The highest BCUT2D eigenvalue weighted by atomic mass is 79.9.